The molecule has 3 heterocycles. The number of carbonyl (C=O) groups is 2. The summed E-state index contributed by atoms with van der Waals surface area (Å²) in [6.45, 7) is 6.16. The number of pyridine rings is 1. The molecule has 3 aromatic rings. The van der Waals surface area contributed by atoms with Crippen molar-refractivity contribution in [1.29, 1.82) is 0 Å². The van der Waals surface area contributed by atoms with Crippen LogP contribution < -0.4 is 10.1 Å². The third-order valence-electron chi connectivity index (χ3n) is 6.06. The van der Waals surface area contributed by atoms with Crippen molar-refractivity contribution in [2.45, 2.75) is 33.1 Å². The highest BCUT2D eigenvalue weighted by molar-refractivity contribution is 6.44. The van der Waals surface area contributed by atoms with E-state index in [0.29, 0.717) is 16.4 Å². The van der Waals surface area contributed by atoms with Crippen molar-refractivity contribution in [2.75, 3.05) is 20.3 Å². The van der Waals surface area contributed by atoms with Crippen molar-refractivity contribution in [3.8, 4) is 5.69 Å². The molecule has 1 aromatic carbocycles. The van der Waals surface area contributed by atoms with E-state index in [1.165, 1.54) is 11.8 Å². The number of carbonyl (C=O) groups excluding carboxylic acids is 2. The molecule has 2 amide bonds. The molecule has 182 valence electrons. The lowest BCUT2D eigenvalue weighted by atomic mass is 9.98. The lowest BCUT2D eigenvalue weighted by molar-refractivity contribution is -0.577. The lowest BCUT2D eigenvalue weighted by Gasteiger charge is -2.13. The van der Waals surface area contributed by atoms with Gasteiger partial charge in [-0.05, 0) is 42.2 Å². The Labute approximate surface area is 208 Å². The SMILES string of the molecule is CCc1cc[n+](C2=C(c3c(C(C)C)[nH]n(-c4ccc(Cl)cc4)c3=O)C(=O)N(CCOC)C2=O)cc1. The minimum absolute atomic E-state index is 0.0815. The number of aromatic nitrogens is 3. The Morgan fingerprint density at radius 3 is 2.26 bits per heavy atom. The average Bonchev–Trinajstić information content (AvgIpc) is 3.31. The Bertz CT molecular complexity index is 1350. The zero-order valence-electron chi connectivity index (χ0n) is 20.2. The molecule has 4 rings (SSSR count). The molecule has 0 radical (unpaired) electrons. The number of benzene rings is 1. The average molecular weight is 496 g/mol. The van der Waals surface area contributed by atoms with E-state index in [-0.39, 0.29) is 35.9 Å². The van der Waals surface area contributed by atoms with Gasteiger partial charge in [-0.2, -0.15) is 4.57 Å². The van der Waals surface area contributed by atoms with Gasteiger partial charge in [0, 0.05) is 30.0 Å². The van der Waals surface area contributed by atoms with E-state index in [2.05, 4.69) is 5.10 Å². The minimum atomic E-state index is -0.518. The summed E-state index contributed by atoms with van der Waals surface area (Å²) in [5.74, 6) is -1.11. The molecular weight excluding hydrogens is 468 g/mol. The summed E-state index contributed by atoms with van der Waals surface area (Å²) < 4.78 is 8.11. The van der Waals surface area contributed by atoms with Gasteiger partial charge in [-0.1, -0.05) is 32.4 Å². The van der Waals surface area contributed by atoms with Crippen molar-refractivity contribution in [3.63, 3.8) is 0 Å². The maximum Gasteiger partial charge on any atom is 0.326 e. The maximum atomic E-state index is 13.8. The third-order valence-corrected chi connectivity index (χ3v) is 6.31. The molecule has 8 nitrogen and oxygen atoms in total. The molecule has 0 aliphatic carbocycles. The van der Waals surface area contributed by atoms with Crippen LogP contribution in [0.3, 0.4) is 0 Å². The topological polar surface area (TPSA) is 88.3 Å². The van der Waals surface area contributed by atoms with Gasteiger partial charge in [0.05, 0.1) is 24.4 Å². The van der Waals surface area contributed by atoms with Gasteiger partial charge in [0.25, 0.3) is 17.2 Å². The van der Waals surface area contributed by atoms with E-state index in [9.17, 15) is 14.4 Å². The van der Waals surface area contributed by atoms with Crippen LogP contribution in [0.2, 0.25) is 5.02 Å². The first kappa shape index (κ1) is 24.6. The molecule has 9 heteroatoms. The fraction of sp³-hybridized carbons (Fsp3) is 0.308. The van der Waals surface area contributed by atoms with Crippen molar-refractivity contribution >= 4 is 34.7 Å². The van der Waals surface area contributed by atoms with Gasteiger partial charge in [-0.3, -0.25) is 24.4 Å². The fourth-order valence-corrected chi connectivity index (χ4v) is 4.27. The predicted molar refractivity (Wildman–Crippen MR) is 133 cm³/mol. The van der Waals surface area contributed by atoms with Gasteiger partial charge in [-0.25, -0.2) is 4.68 Å². The summed E-state index contributed by atoms with van der Waals surface area (Å²) in [4.78, 5) is 42.1. The Hall–Kier alpha value is -3.49. The van der Waals surface area contributed by atoms with Gasteiger partial charge in [0.2, 0.25) is 0 Å². The minimum Gasteiger partial charge on any atom is -0.383 e. The molecule has 0 saturated heterocycles. The summed E-state index contributed by atoms with van der Waals surface area (Å²) in [6, 6.07) is 10.6. The molecule has 0 spiro atoms. The molecular formula is C26H28ClN4O4+. The second-order valence-corrected chi connectivity index (χ2v) is 9.05. The molecule has 35 heavy (non-hydrogen) atoms. The Morgan fingerprint density at radius 2 is 1.69 bits per heavy atom. The summed E-state index contributed by atoms with van der Waals surface area (Å²) >= 11 is 6.03. The van der Waals surface area contributed by atoms with Crippen LogP contribution >= 0.6 is 11.6 Å². The quantitative estimate of drug-likeness (QED) is 0.384. The van der Waals surface area contributed by atoms with E-state index < -0.39 is 17.4 Å². The van der Waals surface area contributed by atoms with E-state index in [1.807, 2.05) is 32.9 Å². The number of hydrogen-bond acceptors (Lipinski definition) is 4. The number of amides is 2. The van der Waals surface area contributed by atoms with Gasteiger partial charge in [-0.15, -0.1) is 0 Å². The molecule has 0 atom stereocenters. The second kappa shape index (κ2) is 10.0. The van der Waals surface area contributed by atoms with E-state index in [1.54, 1.807) is 41.2 Å². The van der Waals surface area contributed by atoms with Crippen molar-refractivity contribution < 1.29 is 18.9 Å². The first-order chi connectivity index (χ1) is 16.8. The number of imide groups is 1. The summed E-state index contributed by atoms with van der Waals surface area (Å²) in [6.07, 6.45) is 4.33. The molecule has 1 aliphatic heterocycles. The monoisotopic (exact) mass is 495 g/mol. The van der Waals surface area contributed by atoms with Gasteiger partial charge in [0.1, 0.15) is 5.57 Å². The Kier molecular flexibility index (Phi) is 7.05. The van der Waals surface area contributed by atoms with E-state index >= 15 is 0 Å². The van der Waals surface area contributed by atoms with Gasteiger partial charge < -0.3 is 4.74 Å². The number of methoxy groups -OCH3 is 1. The standard InChI is InChI=1S/C26H27ClN4O4/c1-5-17-10-12-29(13-11-17)23-21(24(32)30(26(23)34)14-15-35-4)20-22(16(2)3)28-31(25(20)33)19-8-6-18(27)7-9-19/h6-13,16H,5,14-15H2,1-4H3/p+1. The number of aromatic amines is 1. The molecule has 1 aliphatic rings. The number of ether oxygens (including phenoxy) is 1. The fourth-order valence-electron chi connectivity index (χ4n) is 4.14. The van der Waals surface area contributed by atoms with Crippen LogP contribution in [-0.2, 0) is 20.7 Å². The van der Waals surface area contributed by atoms with Crippen LogP contribution in [-0.4, -0.2) is 46.8 Å². The number of aryl methyl sites for hydroxylation is 1. The Balaban J connectivity index is 1.98. The van der Waals surface area contributed by atoms with Crippen LogP contribution in [0.4, 0.5) is 0 Å². The van der Waals surface area contributed by atoms with E-state index in [4.69, 9.17) is 16.3 Å². The number of halogens is 1. The summed E-state index contributed by atoms with van der Waals surface area (Å²) in [7, 11) is 1.51. The molecule has 0 fully saturated rings. The summed E-state index contributed by atoms with van der Waals surface area (Å²) in [5.41, 5.74) is 2.24. The highest BCUT2D eigenvalue weighted by Gasteiger charge is 2.47. The predicted octanol–water partition coefficient (Wildman–Crippen LogP) is 3.18. The van der Waals surface area contributed by atoms with Crippen molar-refractivity contribution in [3.05, 3.63) is 81.0 Å². The highest BCUT2D eigenvalue weighted by Crippen LogP contribution is 2.32. The van der Waals surface area contributed by atoms with Crippen LogP contribution in [0.1, 0.15) is 43.5 Å². The molecule has 0 unspecified atom stereocenters. The number of rotatable bonds is 8. The molecule has 1 N–H and O–H groups in total. The summed E-state index contributed by atoms with van der Waals surface area (Å²) in [5, 5.41) is 3.70. The molecule has 0 saturated carbocycles. The van der Waals surface area contributed by atoms with Gasteiger partial charge in [0.15, 0.2) is 12.4 Å². The van der Waals surface area contributed by atoms with Crippen LogP contribution in [0, 0.1) is 0 Å². The zero-order valence-corrected chi connectivity index (χ0v) is 20.9. The van der Waals surface area contributed by atoms with Gasteiger partial charge >= 0.3 is 5.91 Å². The molecule has 0 bridgehead atoms. The highest BCUT2D eigenvalue weighted by atomic mass is 35.5. The Morgan fingerprint density at radius 1 is 1.03 bits per heavy atom. The third kappa shape index (κ3) is 4.47. The second-order valence-electron chi connectivity index (χ2n) is 8.62. The van der Waals surface area contributed by atoms with Crippen LogP contribution in [0.5, 0.6) is 0 Å². The maximum absolute atomic E-state index is 13.8. The first-order valence-electron chi connectivity index (χ1n) is 11.5. The van der Waals surface area contributed by atoms with Crippen molar-refractivity contribution in [1.82, 2.24) is 14.7 Å². The number of H-pyrrole nitrogens is 1. The number of nitrogens with one attached hydrogen (secondary N) is 1. The zero-order chi connectivity index (χ0) is 25.3. The van der Waals surface area contributed by atoms with E-state index in [0.717, 1.165) is 16.9 Å². The number of hydrogen-bond donors (Lipinski definition) is 1. The number of nitrogens with zero attached hydrogens (tertiary/aromatic N) is 3. The largest absolute Gasteiger partial charge is 0.383 e. The van der Waals surface area contributed by atoms with Crippen LogP contribution in [0.15, 0.2) is 53.6 Å². The first-order valence-corrected chi connectivity index (χ1v) is 11.9. The van der Waals surface area contributed by atoms with Crippen molar-refractivity contribution in [2.24, 2.45) is 0 Å². The lowest BCUT2D eigenvalue weighted by Crippen LogP contribution is -2.40. The smallest absolute Gasteiger partial charge is 0.326 e. The normalized spacial score (nSPS) is 14.1. The van der Waals surface area contributed by atoms with Crippen LogP contribution in [0.25, 0.3) is 17.0 Å². The molecule has 2 aromatic heterocycles.